The summed E-state index contributed by atoms with van der Waals surface area (Å²) in [5, 5.41) is 5.76. The number of likely N-dealkylation sites (N-methyl/N-ethyl adjacent to an activating group) is 1. The van der Waals surface area contributed by atoms with Crippen LogP contribution in [0.3, 0.4) is 0 Å². The lowest BCUT2D eigenvalue weighted by Crippen LogP contribution is -2.34. The van der Waals surface area contributed by atoms with E-state index >= 15 is 0 Å². The van der Waals surface area contributed by atoms with Gasteiger partial charge in [-0.2, -0.15) is 0 Å². The number of ether oxygens (including phenoxy) is 1. The van der Waals surface area contributed by atoms with Gasteiger partial charge in [-0.05, 0) is 67.9 Å². The van der Waals surface area contributed by atoms with E-state index in [1.54, 1.807) is 31.2 Å². The Balaban J connectivity index is 1.84. The van der Waals surface area contributed by atoms with E-state index in [9.17, 15) is 9.59 Å². The third-order valence-electron chi connectivity index (χ3n) is 5.25. The van der Waals surface area contributed by atoms with Crippen LogP contribution in [0.25, 0.3) is 0 Å². The molecule has 2 N–H and O–H groups in total. The molecule has 0 bridgehead atoms. The summed E-state index contributed by atoms with van der Waals surface area (Å²) in [5.41, 5.74) is 2.41. The zero-order chi connectivity index (χ0) is 22.8. The van der Waals surface area contributed by atoms with E-state index in [2.05, 4.69) is 43.2 Å². The molecule has 6 nitrogen and oxygen atoms in total. The van der Waals surface area contributed by atoms with Crippen LogP contribution in [0.5, 0.6) is 5.75 Å². The Kier molecular flexibility index (Phi) is 9.53. The highest BCUT2D eigenvalue weighted by Gasteiger charge is 2.15. The second-order valence-corrected chi connectivity index (χ2v) is 7.83. The number of nitrogens with zero attached hydrogens (tertiary/aromatic N) is 1. The smallest absolute Gasteiger partial charge is 0.265 e. The van der Waals surface area contributed by atoms with E-state index < -0.39 is 6.10 Å². The molecule has 168 valence electrons. The van der Waals surface area contributed by atoms with Gasteiger partial charge in [-0.3, -0.25) is 9.59 Å². The predicted molar refractivity (Wildman–Crippen MR) is 126 cm³/mol. The number of amides is 2. The van der Waals surface area contributed by atoms with Gasteiger partial charge in [0, 0.05) is 24.3 Å². The minimum atomic E-state index is -0.645. The van der Waals surface area contributed by atoms with E-state index in [1.165, 1.54) is 5.56 Å². The fraction of sp³-hybridized carbons (Fsp3) is 0.440. The fourth-order valence-corrected chi connectivity index (χ4v) is 3.11. The van der Waals surface area contributed by atoms with Crippen LogP contribution < -0.4 is 15.4 Å². The molecule has 0 saturated heterocycles. The monoisotopic (exact) mass is 425 g/mol. The molecule has 0 radical (unpaired) electrons. The van der Waals surface area contributed by atoms with Crippen molar-refractivity contribution < 1.29 is 14.3 Å². The Bertz CT molecular complexity index is 828. The summed E-state index contributed by atoms with van der Waals surface area (Å²) in [6.45, 7) is 13.5. The van der Waals surface area contributed by atoms with Crippen molar-refractivity contribution in [3.8, 4) is 5.75 Å². The summed E-state index contributed by atoms with van der Waals surface area (Å²) in [6, 6.07) is 14.6. The molecule has 2 rings (SSSR count). The van der Waals surface area contributed by atoms with Crippen LogP contribution in [-0.2, 0) is 4.79 Å². The Morgan fingerprint density at radius 2 is 1.55 bits per heavy atom. The van der Waals surface area contributed by atoms with Gasteiger partial charge in [-0.25, -0.2) is 0 Å². The topological polar surface area (TPSA) is 70.7 Å². The van der Waals surface area contributed by atoms with Crippen molar-refractivity contribution >= 4 is 17.5 Å². The number of hydrogen-bond acceptors (Lipinski definition) is 4. The molecule has 1 unspecified atom stereocenters. The second-order valence-electron chi connectivity index (χ2n) is 7.83. The van der Waals surface area contributed by atoms with Crippen molar-refractivity contribution in [3.63, 3.8) is 0 Å². The largest absolute Gasteiger partial charge is 0.481 e. The number of carbonyl (C=O) groups is 2. The lowest BCUT2D eigenvalue weighted by Gasteiger charge is -2.18. The van der Waals surface area contributed by atoms with E-state index in [4.69, 9.17) is 4.74 Å². The van der Waals surface area contributed by atoms with Gasteiger partial charge in [0.1, 0.15) is 5.75 Å². The molecule has 2 aromatic rings. The average molecular weight is 426 g/mol. The van der Waals surface area contributed by atoms with Gasteiger partial charge in [0.25, 0.3) is 11.8 Å². The van der Waals surface area contributed by atoms with Crippen molar-refractivity contribution in [1.29, 1.82) is 0 Å². The summed E-state index contributed by atoms with van der Waals surface area (Å²) in [6.07, 6.45) is -0.645. The summed E-state index contributed by atoms with van der Waals surface area (Å²) < 4.78 is 5.75. The first kappa shape index (κ1) is 24.4. The van der Waals surface area contributed by atoms with Crippen molar-refractivity contribution in [1.82, 2.24) is 10.2 Å². The van der Waals surface area contributed by atoms with Gasteiger partial charge < -0.3 is 20.3 Å². The molecule has 0 heterocycles. The normalized spacial score (nSPS) is 12.0. The zero-order valence-electron chi connectivity index (χ0n) is 19.3. The van der Waals surface area contributed by atoms with Crippen molar-refractivity contribution in [3.05, 3.63) is 59.7 Å². The SMILES string of the molecule is CCN(CC)CCNC(=O)c1ccc(NC(=O)C(C)Oc2ccc(C(C)C)cc2)cc1. The maximum Gasteiger partial charge on any atom is 0.265 e. The Hall–Kier alpha value is -2.86. The summed E-state index contributed by atoms with van der Waals surface area (Å²) >= 11 is 0. The molecule has 0 aromatic heterocycles. The molecule has 0 aliphatic carbocycles. The number of benzene rings is 2. The first-order valence-electron chi connectivity index (χ1n) is 11.0. The van der Waals surface area contributed by atoms with Gasteiger partial charge in [-0.15, -0.1) is 0 Å². The Morgan fingerprint density at radius 1 is 0.935 bits per heavy atom. The number of rotatable bonds is 11. The van der Waals surface area contributed by atoms with Crippen LogP contribution in [0.4, 0.5) is 5.69 Å². The van der Waals surface area contributed by atoms with Gasteiger partial charge in [0.2, 0.25) is 0 Å². The molecule has 0 aliphatic rings. The van der Waals surface area contributed by atoms with Crippen LogP contribution >= 0.6 is 0 Å². The second kappa shape index (κ2) is 12.1. The van der Waals surface area contributed by atoms with Crippen LogP contribution in [0.2, 0.25) is 0 Å². The molecule has 0 saturated carbocycles. The maximum absolute atomic E-state index is 12.5. The highest BCUT2D eigenvalue weighted by molar-refractivity contribution is 5.96. The van der Waals surface area contributed by atoms with Crippen molar-refractivity contribution in [2.45, 2.75) is 46.6 Å². The van der Waals surface area contributed by atoms with Crippen LogP contribution in [-0.4, -0.2) is 49.0 Å². The average Bonchev–Trinajstić information content (AvgIpc) is 2.77. The third-order valence-corrected chi connectivity index (χ3v) is 5.25. The standard InChI is InChI=1S/C25H35N3O3/c1-6-28(7-2)17-16-26-25(30)21-8-12-22(13-9-21)27-24(29)19(5)31-23-14-10-20(11-15-23)18(3)4/h8-15,18-19H,6-7,16-17H2,1-5H3,(H,26,30)(H,27,29). The van der Waals surface area contributed by atoms with Crippen LogP contribution in [0.1, 0.15) is 56.5 Å². The Morgan fingerprint density at radius 3 is 2.10 bits per heavy atom. The molecule has 2 aromatic carbocycles. The van der Waals surface area contributed by atoms with E-state index in [0.29, 0.717) is 29.5 Å². The number of nitrogens with one attached hydrogen (secondary N) is 2. The van der Waals surface area contributed by atoms with E-state index in [1.807, 2.05) is 24.3 Å². The number of hydrogen-bond donors (Lipinski definition) is 2. The van der Waals surface area contributed by atoms with Gasteiger partial charge in [0.05, 0.1) is 0 Å². The summed E-state index contributed by atoms with van der Waals surface area (Å²) in [5.74, 6) is 0.738. The molecule has 1 atom stereocenters. The summed E-state index contributed by atoms with van der Waals surface area (Å²) in [4.78, 5) is 27.0. The lowest BCUT2D eigenvalue weighted by atomic mass is 10.0. The zero-order valence-corrected chi connectivity index (χ0v) is 19.3. The van der Waals surface area contributed by atoms with E-state index in [0.717, 1.165) is 19.6 Å². The minimum absolute atomic E-state index is 0.119. The molecule has 0 spiro atoms. The highest BCUT2D eigenvalue weighted by atomic mass is 16.5. The summed E-state index contributed by atoms with van der Waals surface area (Å²) in [7, 11) is 0. The quantitative estimate of drug-likeness (QED) is 0.564. The molecule has 6 heteroatoms. The predicted octanol–water partition coefficient (Wildman–Crippen LogP) is 4.29. The fourth-order valence-electron chi connectivity index (χ4n) is 3.11. The minimum Gasteiger partial charge on any atom is -0.481 e. The van der Waals surface area contributed by atoms with Crippen molar-refractivity contribution in [2.75, 3.05) is 31.5 Å². The lowest BCUT2D eigenvalue weighted by molar-refractivity contribution is -0.122. The van der Waals surface area contributed by atoms with Gasteiger partial charge in [-0.1, -0.05) is 39.8 Å². The first-order chi connectivity index (χ1) is 14.8. The third kappa shape index (κ3) is 7.72. The van der Waals surface area contributed by atoms with Gasteiger partial charge >= 0.3 is 0 Å². The first-order valence-corrected chi connectivity index (χ1v) is 11.0. The molecular formula is C25H35N3O3. The van der Waals surface area contributed by atoms with E-state index in [-0.39, 0.29) is 11.8 Å². The van der Waals surface area contributed by atoms with Crippen molar-refractivity contribution in [2.24, 2.45) is 0 Å². The highest BCUT2D eigenvalue weighted by Crippen LogP contribution is 2.20. The Labute approximate surface area is 186 Å². The molecule has 0 fully saturated rings. The molecular weight excluding hydrogens is 390 g/mol. The molecule has 31 heavy (non-hydrogen) atoms. The van der Waals surface area contributed by atoms with Crippen LogP contribution in [0, 0.1) is 0 Å². The maximum atomic E-state index is 12.5. The van der Waals surface area contributed by atoms with Gasteiger partial charge in [0.15, 0.2) is 6.10 Å². The molecule has 2 amide bonds. The number of carbonyl (C=O) groups excluding carboxylic acids is 2. The van der Waals surface area contributed by atoms with Crippen LogP contribution in [0.15, 0.2) is 48.5 Å². The molecule has 0 aliphatic heterocycles. The number of anilines is 1.